The van der Waals surface area contributed by atoms with E-state index in [0.29, 0.717) is 52.4 Å². The number of rotatable bonds is 11. The van der Waals surface area contributed by atoms with Crippen LogP contribution in [0.4, 0.5) is 0 Å². The van der Waals surface area contributed by atoms with Crippen LogP contribution >= 0.6 is 0 Å². The summed E-state index contributed by atoms with van der Waals surface area (Å²) in [6.45, 7) is 3.62. The van der Waals surface area contributed by atoms with Gasteiger partial charge >= 0.3 is 23.9 Å². The third-order valence-corrected chi connectivity index (χ3v) is 6.09. The van der Waals surface area contributed by atoms with Crippen molar-refractivity contribution in [1.82, 2.24) is 19.6 Å². The lowest BCUT2D eigenvalue weighted by Crippen LogP contribution is -2.52. The fourth-order valence-corrected chi connectivity index (χ4v) is 3.89. The average Bonchev–Trinajstić information content (AvgIpc) is 2.90. The van der Waals surface area contributed by atoms with Gasteiger partial charge in [0, 0.05) is 63.8 Å². The first-order valence-corrected chi connectivity index (χ1v) is 12.0. The Morgan fingerprint density at radius 1 is 0.703 bits per heavy atom. The second kappa shape index (κ2) is 18.3. The Morgan fingerprint density at radius 3 is 1.41 bits per heavy atom. The monoisotopic (exact) mass is 529 g/mol. The minimum absolute atomic E-state index is 0.0342. The molecule has 1 unspecified atom stereocenters. The lowest BCUT2D eigenvalue weighted by molar-refractivity contribution is -0.148. The molecule has 15 heteroatoms. The quantitative estimate of drug-likeness (QED) is 0.105. The molecule has 0 aliphatic carbocycles. The number of azide groups is 1. The second-order valence-corrected chi connectivity index (χ2v) is 8.37. The Labute approximate surface area is 217 Å². The van der Waals surface area contributed by atoms with Crippen molar-refractivity contribution in [2.24, 2.45) is 5.11 Å². The second-order valence-electron chi connectivity index (χ2n) is 8.37. The van der Waals surface area contributed by atoms with Crippen molar-refractivity contribution in [1.29, 1.82) is 0 Å². The van der Waals surface area contributed by atoms with Crippen LogP contribution in [0.15, 0.2) is 5.11 Å². The zero-order valence-electron chi connectivity index (χ0n) is 22.2. The number of nitrogens with zero attached hydrogens (tertiary/aromatic N) is 7. The molecule has 1 fully saturated rings. The molecule has 0 aromatic rings. The van der Waals surface area contributed by atoms with E-state index in [0.717, 1.165) is 0 Å². The van der Waals surface area contributed by atoms with E-state index in [1.807, 2.05) is 19.6 Å². The molecular formula is C22H39N7O8. The standard InChI is InChI=1S/C22H39N7O8/c1-34-19(30)15-26-7-9-27(16-20(31)35-2)11-13-29(18(22(33)37-4)5-6-24-25-23)14-12-28(10-8-26)17-21(32)36-3/h18H,5-17H2,1-4H3. The number of esters is 4. The van der Waals surface area contributed by atoms with Crippen LogP contribution in [0.3, 0.4) is 0 Å². The van der Waals surface area contributed by atoms with E-state index in [4.69, 9.17) is 24.5 Å². The minimum Gasteiger partial charge on any atom is -0.468 e. The van der Waals surface area contributed by atoms with Gasteiger partial charge in [-0.2, -0.15) is 0 Å². The lowest BCUT2D eigenvalue weighted by atomic mass is 10.1. The van der Waals surface area contributed by atoms with Gasteiger partial charge < -0.3 is 18.9 Å². The zero-order valence-corrected chi connectivity index (χ0v) is 22.2. The SMILES string of the molecule is COC(=O)CN1CCN(CC(=O)OC)CCN(C(CCN=[N+]=[N-])C(=O)OC)CCN(CC(=O)OC)CC1. The van der Waals surface area contributed by atoms with Crippen LogP contribution in [0.25, 0.3) is 10.4 Å². The summed E-state index contributed by atoms with van der Waals surface area (Å²) in [6, 6.07) is -0.686. The molecule has 1 atom stereocenters. The van der Waals surface area contributed by atoms with Gasteiger partial charge in [-0.1, -0.05) is 5.11 Å². The van der Waals surface area contributed by atoms with E-state index < -0.39 is 29.9 Å². The fourth-order valence-electron chi connectivity index (χ4n) is 3.89. The molecule has 15 nitrogen and oxygen atoms in total. The smallest absolute Gasteiger partial charge is 0.323 e. The average molecular weight is 530 g/mol. The van der Waals surface area contributed by atoms with Crippen LogP contribution in [0.1, 0.15) is 6.42 Å². The van der Waals surface area contributed by atoms with E-state index in [9.17, 15) is 19.2 Å². The number of carbonyl (C=O) groups excluding carboxylic acids is 4. The topological polar surface area (TPSA) is 167 Å². The molecule has 0 amide bonds. The molecule has 0 N–H and O–H groups in total. The molecule has 1 rings (SSSR count). The van der Waals surface area contributed by atoms with Crippen LogP contribution in [-0.2, 0) is 38.1 Å². The van der Waals surface area contributed by atoms with E-state index >= 15 is 0 Å². The highest BCUT2D eigenvalue weighted by molar-refractivity contribution is 5.75. The van der Waals surface area contributed by atoms with Crippen LogP contribution < -0.4 is 0 Å². The molecule has 0 saturated carbocycles. The number of ether oxygens (including phenoxy) is 4. The summed E-state index contributed by atoms with van der Waals surface area (Å²) in [5.74, 6) is -1.67. The van der Waals surface area contributed by atoms with Crippen molar-refractivity contribution < 1.29 is 38.1 Å². The largest absolute Gasteiger partial charge is 0.468 e. The van der Waals surface area contributed by atoms with Gasteiger partial charge in [0.1, 0.15) is 6.04 Å². The Balaban J connectivity index is 3.22. The Bertz CT molecular complexity index is 759. The number of hydrogen-bond donors (Lipinski definition) is 0. The third kappa shape index (κ3) is 12.7. The van der Waals surface area contributed by atoms with Crippen molar-refractivity contribution in [2.45, 2.75) is 12.5 Å². The van der Waals surface area contributed by atoms with Crippen LogP contribution in [0.2, 0.25) is 0 Å². The molecule has 1 heterocycles. The van der Waals surface area contributed by atoms with Crippen LogP contribution in [-0.4, -0.2) is 156 Å². The van der Waals surface area contributed by atoms with E-state index in [1.165, 1.54) is 28.4 Å². The Kier molecular flexibility index (Phi) is 15.9. The maximum atomic E-state index is 12.6. The molecule has 1 aliphatic rings. The fraction of sp³-hybridized carbons (Fsp3) is 0.818. The maximum absolute atomic E-state index is 12.6. The van der Waals surface area contributed by atoms with E-state index in [1.54, 1.807) is 0 Å². The minimum atomic E-state index is -0.686. The first kappa shape index (κ1) is 32.1. The zero-order chi connectivity index (χ0) is 27.6. The first-order valence-electron chi connectivity index (χ1n) is 12.0. The Hall–Kier alpha value is -2.97. The summed E-state index contributed by atoms with van der Waals surface area (Å²) in [4.78, 5) is 59.0. The molecule has 0 radical (unpaired) electrons. The number of methoxy groups -OCH3 is 4. The van der Waals surface area contributed by atoms with Gasteiger partial charge in [0.05, 0.1) is 48.1 Å². The van der Waals surface area contributed by atoms with E-state index in [-0.39, 0.29) is 32.6 Å². The number of carbonyl (C=O) groups is 4. The van der Waals surface area contributed by atoms with E-state index in [2.05, 4.69) is 10.0 Å². The third-order valence-electron chi connectivity index (χ3n) is 6.09. The summed E-state index contributed by atoms with van der Waals surface area (Å²) in [7, 11) is 5.24. The molecular weight excluding hydrogens is 490 g/mol. The molecule has 0 bridgehead atoms. The molecule has 0 aromatic heterocycles. The van der Waals surface area contributed by atoms with Gasteiger partial charge in [0.25, 0.3) is 0 Å². The molecule has 0 spiro atoms. The van der Waals surface area contributed by atoms with Gasteiger partial charge in [0.2, 0.25) is 0 Å². The molecule has 1 aliphatic heterocycles. The highest BCUT2D eigenvalue weighted by Gasteiger charge is 2.28. The van der Waals surface area contributed by atoms with Crippen molar-refractivity contribution in [3.05, 3.63) is 10.4 Å². The number of hydrogen-bond acceptors (Lipinski definition) is 13. The van der Waals surface area contributed by atoms with Crippen molar-refractivity contribution in [2.75, 3.05) is 107 Å². The predicted molar refractivity (Wildman–Crippen MR) is 131 cm³/mol. The summed E-state index contributed by atoms with van der Waals surface area (Å²) in [5.41, 5.74) is 8.66. The van der Waals surface area contributed by atoms with Crippen molar-refractivity contribution >= 4 is 23.9 Å². The van der Waals surface area contributed by atoms with Crippen molar-refractivity contribution in [3.63, 3.8) is 0 Å². The highest BCUT2D eigenvalue weighted by atomic mass is 16.5. The van der Waals surface area contributed by atoms with Gasteiger partial charge in [-0.25, -0.2) is 0 Å². The Morgan fingerprint density at radius 2 is 1.08 bits per heavy atom. The van der Waals surface area contributed by atoms with Gasteiger partial charge in [0.15, 0.2) is 0 Å². The van der Waals surface area contributed by atoms with Crippen molar-refractivity contribution in [3.8, 4) is 0 Å². The molecule has 1 saturated heterocycles. The lowest BCUT2D eigenvalue weighted by Gasteiger charge is -2.35. The van der Waals surface area contributed by atoms with Crippen LogP contribution in [0, 0.1) is 0 Å². The highest BCUT2D eigenvalue weighted by Crippen LogP contribution is 2.10. The normalized spacial score (nSPS) is 17.8. The van der Waals surface area contributed by atoms with Gasteiger partial charge in [-0.3, -0.25) is 38.8 Å². The van der Waals surface area contributed by atoms with Crippen LogP contribution in [0.5, 0.6) is 0 Å². The summed E-state index contributed by atoms with van der Waals surface area (Å²) >= 11 is 0. The van der Waals surface area contributed by atoms with Gasteiger partial charge in [-0.05, 0) is 12.0 Å². The molecule has 37 heavy (non-hydrogen) atoms. The molecule has 210 valence electrons. The predicted octanol–water partition coefficient (Wildman–Crippen LogP) is -1.03. The maximum Gasteiger partial charge on any atom is 0.323 e. The summed E-state index contributed by atoms with van der Waals surface area (Å²) in [6.07, 6.45) is 0.248. The summed E-state index contributed by atoms with van der Waals surface area (Å²) < 4.78 is 19.5. The first-order chi connectivity index (χ1) is 17.8. The molecule has 0 aromatic carbocycles. The van der Waals surface area contributed by atoms with Gasteiger partial charge in [-0.15, -0.1) is 0 Å². The summed E-state index contributed by atoms with van der Waals surface area (Å²) in [5, 5.41) is 3.56.